The van der Waals surface area contributed by atoms with Crippen LogP contribution in [0.1, 0.15) is 26.2 Å². The number of piperidine rings is 1. The largest absolute Gasteiger partial charge is 0.382 e. The predicted octanol–water partition coefficient (Wildman–Crippen LogP) is 1.59. The van der Waals surface area contributed by atoms with Crippen molar-refractivity contribution < 1.29 is 28.4 Å². The predicted molar refractivity (Wildman–Crippen MR) is 101 cm³/mol. The molecule has 0 radical (unpaired) electrons. The van der Waals surface area contributed by atoms with E-state index in [4.69, 9.17) is 28.4 Å². The molecule has 1 saturated heterocycles. The quantitative estimate of drug-likeness (QED) is 0.336. The molecule has 156 valence electrons. The Balaban J connectivity index is 1.72. The van der Waals surface area contributed by atoms with Crippen LogP contribution in [0.4, 0.5) is 0 Å². The summed E-state index contributed by atoms with van der Waals surface area (Å²) in [6.45, 7) is 11.8. The maximum absolute atomic E-state index is 5.88. The summed E-state index contributed by atoms with van der Waals surface area (Å²) in [5.74, 6) is 0. The van der Waals surface area contributed by atoms with E-state index in [1.807, 2.05) is 0 Å². The molecule has 0 unspecified atom stereocenters. The van der Waals surface area contributed by atoms with Gasteiger partial charge in [-0.25, -0.2) is 0 Å². The molecule has 0 aromatic heterocycles. The summed E-state index contributed by atoms with van der Waals surface area (Å²) >= 11 is 0. The smallest absolute Gasteiger partial charge is 0.0704 e. The SMILES string of the molecule is CCCN1CCC(OCCOCCOCCOCCOCCOC)CC1. The standard InChI is InChI=1S/C19H39NO6/c1-3-6-20-7-4-19(5-8-20)26-18-17-25-16-15-24-14-13-23-12-11-22-10-9-21-2/h19H,3-18H2,1-2H3. The van der Waals surface area contributed by atoms with Gasteiger partial charge in [0.2, 0.25) is 0 Å². The molecule has 0 amide bonds. The number of nitrogens with zero attached hydrogens (tertiary/aromatic N) is 1. The lowest BCUT2D eigenvalue weighted by Crippen LogP contribution is -2.37. The van der Waals surface area contributed by atoms with Gasteiger partial charge in [0, 0.05) is 20.2 Å². The second-order valence-corrected chi connectivity index (χ2v) is 6.35. The Morgan fingerprint density at radius 1 is 0.692 bits per heavy atom. The number of methoxy groups -OCH3 is 1. The zero-order valence-corrected chi connectivity index (χ0v) is 16.8. The molecule has 1 heterocycles. The first-order valence-corrected chi connectivity index (χ1v) is 10.0. The van der Waals surface area contributed by atoms with Crippen LogP contribution in [0.15, 0.2) is 0 Å². The molecule has 0 spiro atoms. The molecule has 0 saturated carbocycles. The van der Waals surface area contributed by atoms with E-state index in [0.29, 0.717) is 72.2 Å². The molecule has 26 heavy (non-hydrogen) atoms. The summed E-state index contributed by atoms with van der Waals surface area (Å²) in [6, 6.07) is 0. The van der Waals surface area contributed by atoms with Gasteiger partial charge < -0.3 is 33.3 Å². The Morgan fingerprint density at radius 2 is 1.15 bits per heavy atom. The minimum Gasteiger partial charge on any atom is -0.382 e. The Bertz CT molecular complexity index is 287. The van der Waals surface area contributed by atoms with Crippen LogP contribution in [0.5, 0.6) is 0 Å². The van der Waals surface area contributed by atoms with Gasteiger partial charge in [-0.15, -0.1) is 0 Å². The van der Waals surface area contributed by atoms with E-state index in [2.05, 4.69) is 11.8 Å². The van der Waals surface area contributed by atoms with Crippen LogP contribution in [0.2, 0.25) is 0 Å². The maximum atomic E-state index is 5.88. The molecule has 0 atom stereocenters. The van der Waals surface area contributed by atoms with Gasteiger partial charge in [0.15, 0.2) is 0 Å². The van der Waals surface area contributed by atoms with E-state index in [9.17, 15) is 0 Å². The van der Waals surface area contributed by atoms with E-state index in [1.165, 1.54) is 13.0 Å². The summed E-state index contributed by atoms with van der Waals surface area (Å²) in [5, 5.41) is 0. The zero-order valence-electron chi connectivity index (χ0n) is 16.8. The summed E-state index contributed by atoms with van der Waals surface area (Å²) in [7, 11) is 1.66. The molecule has 7 nitrogen and oxygen atoms in total. The maximum Gasteiger partial charge on any atom is 0.0704 e. The third-order valence-electron chi connectivity index (χ3n) is 4.20. The zero-order chi connectivity index (χ0) is 18.7. The van der Waals surface area contributed by atoms with Gasteiger partial charge in [0.05, 0.1) is 72.2 Å². The average Bonchev–Trinajstić information content (AvgIpc) is 2.66. The fourth-order valence-electron chi connectivity index (χ4n) is 2.79. The minimum absolute atomic E-state index is 0.401. The number of likely N-dealkylation sites (tertiary alicyclic amines) is 1. The number of hydrogen-bond donors (Lipinski definition) is 0. The molecule has 0 aromatic carbocycles. The molecular weight excluding hydrogens is 338 g/mol. The lowest BCUT2D eigenvalue weighted by molar-refractivity contribution is -0.0366. The molecule has 0 aromatic rings. The minimum atomic E-state index is 0.401. The van der Waals surface area contributed by atoms with Gasteiger partial charge in [-0.2, -0.15) is 0 Å². The molecule has 1 rings (SSSR count). The summed E-state index contributed by atoms with van der Waals surface area (Å²) in [4.78, 5) is 2.52. The van der Waals surface area contributed by atoms with E-state index in [-0.39, 0.29) is 0 Å². The van der Waals surface area contributed by atoms with Crippen LogP contribution in [-0.2, 0) is 28.4 Å². The molecule has 7 heteroatoms. The van der Waals surface area contributed by atoms with E-state index < -0.39 is 0 Å². The second kappa shape index (κ2) is 18.1. The second-order valence-electron chi connectivity index (χ2n) is 6.35. The molecule has 1 aliphatic heterocycles. The molecule has 0 aliphatic carbocycles. The molecule has 1 fully saturated rings. The third-order valence-corrected chi connectivity index (χ3v) is 4.20. The van der Waals surface area contributed by atoms with Gasteiger partial charge in [0.1, 0.15) is 0 Å². The lowest BCUT2D eigenvalue weighted by Gasteiger charge is -2.31. The van der Waals surface area contributed by atoms with Crippen molar-refractivity contribution in [3.05, 3.63) is 0 Å². The van der Waals surface area contributed by atoms with Crippen molar-refractivity contribution in [2.75, 3.05) is 92.8 Å². The molecule has 0 N–H and O–H groups in total. The first kappa shape index (κ1) is 23.8. The van der Waals surface area contributed by atoms with E-state index in [0.717, 1.165) is 25.9 Å². The molecule has 0 bridgehead atoms. The van der Waals surface area contributed by atoms with E-state index >= 15 is 0 Å². The van der Waals surface area contributed by atoms with E-state index in [1.54, 1.807) is 7.11 Å². The average molecular weight is 378 g/mol. The number of rotatable bonds is 18. The molecule has 1 aliphatic rings. The van der Waals surface area contributed by atoms with Gasteiger partial charge in [-0.3, -0.25) is 0 Å². The highest BCUT2D eigenvalue weighted by Gasteiger charge is 2.18. The van der Waals surface area contributed by atoms with Gasteiger partial charge in [-0.1, -0.05) is 6.92 Å². The van der Waals surface area contributed by atoms with Gasteiger partial charge in [0.25, 0.3) is 0 Å². The number of hydrogen-bond acceptors (Lipinski definition) is 7. The van der Waals surface area contributed by atoms with Gasteiger partial charge >= 0.3 is 0 Å². The summed E-state index contributed by atoms with van der Waals surface area (Å²) < 4.78 is 32.4. The highest BCUT2D eigenvalue weighted by atomic mass is 16.6. The Kier molecular flexibility index (Phi) is 16.5. The van der Waals surface area contributed by atoms with Crippen LogP contribution in [0.3, 0.4) is 0 Å². The first-order valence-electron chi connectivity index (χ1n) is 10.0. The van der Waals surface area contributed by atoms with Crippen molar-refractivity contribution in [1.82, 2.24) is 4.90 Å². The van der Waals surface area contributed by atoms with Crippen LogP contribution in [0.25, 0.3) is 0 Å². The highest BCUT2D eigenvalue weighted by Crippen LogP contribution is 2.13. The van der Waals surface area contributed by atoms with Crippen molar-refractivity contribution in [2.24, 2.45) is 0 Å². The summed E-state index contributed by atoms with van der Waals surface area (Å²) in [5.41, 5.74) is 0. The highest BCUT2D eigenvalue weighted by molar-refractivity contribution is 4.72. The normalized spacial score (nSPS) is 16.4. The van der Waals surface area contributed by atoms with Crippen LogP contribution in [0, 0.1) is 0 Å². The fourth-order valence-corrected chi connectivity index (χ4v) is 2.79. The molecular formula is C19H39NO6. The van der Waals surface area contributed by atoms with Crippen molar-refractivity contribution >= 4 is 0 Å². The van der Waals surface area contributed by atoms with Crippen molar-refractivity contribution in [1.29, 1.82) is 0 Å². The Hall–Kier alpha value is -0.280. The van der Waals surface area contributed by atoms with Crippen LogP contribution < -0.4 is 0 Å². The lowest BCUT2D eigenvalue weighted by atomic mass is 10.1. The van der Waals surface area contributed by atoms with Crippen molar-refractivity contribution in [3.63, 3.8) is 0 Å². The first-order chi connectivity index (χ1) is 12.9. The van der Waals surface area contributed by atoms with Crippen molar-refractivity contribution in [2.45, 2.75) is 32.3 Å². The topological polar surface area (TPSA) is 58.6 Å². The summed E-state index contributed by atoms with van der Waals surface area (Å²) in [6.07, 6.45) is 3.91. The van der Waals surface area contributed by atoms with Crippen LogP contribution in [-0.4, -0.2) is 104 Å². The third kappa shape index (κ3) is 13.9. The van der Waals surface area contributed by atoms with Gasteiger partial charge in [-0.05, 0) is 25.8 Å². The Labute approximate surface area is 159 Å². The Morgan fingerprint density at radius 3 is 1.62 bits per heavy atom. The monoisotopic (exact) mass is 377 g/mol. The van der Waals surface area contributed by atoms with Crippen molar-refractivity contribution in [3.8, 4) is 0 Å². The van der Waals surface area contributed by atoms with Crippen LogP contribution >= 0.6 is 0 Å². The fraction of sp³-hybridized carbons (Fsp3) is 1.00. The number of ether oxygens (including phenoxy) is 6.